The highest BCUT2D eigenvalue weighted by Gasteiger charge is 2.14. The molecule has 1 amide bonds. The van der Waals surface area contributed by atoms with Crippen LogP contribution >= 0.6 is 11.8 Å². The van der Waals surface area contributed by atoms with Crippen LogP contribution in [-0.2, 0) is 16.1 Å². The molecule has 0 bridgehead atoms. The van der Waals surface area contributed by atoms with E-state index in [0.29, 0.717) is 29.0 Å². The van der Waals surface area contributed by atoms with Crippen LogP contribution in [0, 0.1) is 6.92 Å². The molecule has 0 aliphatic rings. The zero-order valence-electron chi connectivity index (χ0n) is 16.4. The Labute approximate surface area is 172 Å². The minimum absolute atomic E-state index is 0.155. The van der Waals surface area contributed by atoms with Crippen LogP contribution in [0.4, 0.5) is 5.69 Å². The van der Waals surface area contributed by atoms with Crippen LogP contribution in [0.2, 0.25) is 0 Å². The number of rotatable bonds is 6. The highest BCUT2D eigenvalue weighted by Crippen LogP contribution is 2.24. The van der Waals surface area contributed by atoms with Gasteiger partial charge in [-0.15, -0.1) is 11.8 Å². The van der Waals surface area contributed by atoms with Crippen LogP contribution in [0.5, 0.6) is 0 Å². The molecule has 0 radical (unpaired) electrons. The first-order chi connectivity index (χ1) is 13.9. The molecule has 0 unspecified atom stereocenters. The number of anilines is 1. The van der Waals surface area contributed by atoms with Crippen molar-refractivity contribution >= 4 is 40.4 Å². The fourth-order valence-electron chi connectivity index (χ4n) is 2.96. The molecule has 0 aliphatic heterocycles. The lowest BCUT2D eigenvalue weighted by molar-refractivity contribution is -0.119. The summed E-state index contributed by atoms with van der Waals surface area (Å²) in [6.07, 6.45) is 1.92. The molecule has 29 heavy (non-hydrogen) atoms. The Balaban J connectivity index is 1.72. The van der Waals surface area contributed by atoms with Crippen LogP contribution in [-0.4, -0.2) is 34.3 Å². The Morgan fingerprint density at radius 1 is 1.21 bits per heavy atom. The largest absolute Gasteiger partial charge is 0.452 e. The SMILES string of the molecule is CCn1c(=O)c(C)nc2cc(C(=O)OCC(=O)Nc3ccccc3SC)ccc21. The van der Waals surface area contributed by atoms with Crippen molar-refractivity contribution in [2.75, 3.05) is 18.2 Å². The fourth-order valence-corrected chi connectivity index (χ4v) is 3.52. The van der Waals surface area contributed by atoms with Gasteiger partial charge in [0.1, 0.15) is 5.69 Å². The third kappa shape index (κ3) is 4.48. The van der Waals surface area contributed by atoms with E-state index in [1.165, 1.54) is 11.8 Å². The van der Waals surface area contributed by atoms with Crippen LogP contribution in [0.1, 0.15) is 23.0 Å². The van der Waals surface area contributed by atoms with E-state index in [2.05, 4.69) is 10.3 Å². The molecule has 0 atom stereocenters. The average molecular weight is 411 g/mol. The van der Waals surface area contributed by atoms with Gasteiger partial charge in [0, 0.05) is 11.4 Å². The number of aromatic nitrogens is 2. The van der Waals surface area contributed by atoms with Crippen LogP contribution < -0.4 is 10.9 Å². The maximum Gasteiger partial charge on any atom is 0.338 e. The molecule has 3 rings (SSSR count). The lowest BCUT2D eigenvalue weighted by atomic mass is 10.2. The number of hydrogen-bond acceptors (Lipinski definition) is 6. The molecule has 8 heteroatoms. The van der Waals surface area contributed by atoms with Crippen molar-refractivity contribution in [3.63, 3.8) is 0 Å². The minimum Gasteiger partial charge on any atom is -0.452 e. The lowest BCUT2D eigenvalue weighted by Gasteiger charge is -2.11. The van der Waals surface area contributed by atoms with E-state index >= 15 is 0 Å². The second-order valence-electron chi connectivity index (χ2n) is 6.27. The topological polar surface area (TPSA) is 90.3 Å². The summed E-state index contributed by atoms with van der Waals surface area (Å²) in [6.45, 7) is 3.60. The number of nitrogens with zero attached hydrogens (tertiary/aromatic N) is 2. The molecule has 1 heterocycles. The number of aryl methyl sites for hydroxylation is 2. The molecule has 0 spiro atoms. The van der Waals surface area contributed by atoms with Crippen LogP contribution in [0.15, 0.2) is 52.2 Å². The van der Waals surface area contributed by atoms with E-state index in [1.54, 1.807) is 35.8 Å². The van der Waals surface area contributed by atoms with Crippen molar-refractivity contribution in [2.45, 2.75) is 25.3 Å². The third-order valence-electron chi connectivity index (χ3n) is 4.38. The maximum atomic E-state index is 12.4. The maximum absolute atomic E-state index is 12.4. The van der Waals surface area contributed by atoms with Gasteiger partial charge in [0.15, 0.2) is 6.61 Å². The Morgan fingerprint density at radius 2 is 1.97 bits per heavy atom. The van der Waals surface area contributed by atoms with Crippen LogP contribution in [0.25, 0.3) is 11.0 Å². The van der Waals surface area contributed by atoms with Crippen LogP contribution in [0.3, 0.4) is 0 Å². The number of ether oxygens (including phenoxy) is 1. The van der Waals surface area contributed by atoms with E-state index in [9.17, 15) is 14.4 Å². The Hall–Kier alpha value is -3.13. The summed E-state index contributed by atoms with van der Waals surface area (Å²) >= 11 is 1.51. The van der Waals surface area contributed by atoms with Crippen molar-refractivity contribution < 1.29 is 14.3 Å². The molecule has 2 aromatic carbocycles. The quantitative estimate of drug-likeness (QED) is 0.495. The molecule has 150 valence electrons. The fraction of sp³-hybridized carbons (Fsp3) is 0.238. The number of amides is 1. The highest BCUT2D eigenvalue weighted by molar-refractivity contribution is 7.98. The van der Waals surface area contributed by atoms with Gasteiger partial charge in [-0.1, -0.05) is 12.1 Å². The van der Waals surface area contributed by atoms with Crippen molar-refractivity contribution in [3.8, 4) is 0 Å². The molecule has 7 nitrogen and oxygen atoms in total. The number of benzene rings is 2. The number of thioether (sulfide) groups is 1. The van der Waals surface area contributed by atoms with Crippen molar-refractivity contribution in [3.05, 3.63) is 64.1 Å². The molecule has 3 aromatic rings. The van der Waals surface area contributed by atoms with Gasteiger partial charge in [-0.2, -0.15) is 0 Å². The van der Waals surface area contributed by atoms with Gasteiger partial charge in [-0.3, -0.25) is 9.59 Å². The van der Waals surface area contributed by atoms with E-state index in [0.717, 1.165) is 4.90 Å². The second kappa shape index (κ2) is 8.91. The first kappa shape index (κ1) is 20.6. The number of carbonyl (C=O) groups is 2. The number of nitrogens with one attached hydrogen (secondary N) is 1. The molecule has 0 saturated heterocycles. The minimum atomic E-state index is -0.631. The summed E-state index contributed by atoms with van der Waals surface area (Å²) < 4.78 is 6.74. The Bertz CT molecular complexity index is 1140. The van der Waals surface area contributed by atoms with E-state index in [1.807, 2.05) is 31.4 Å². The summed E-state index contributed by atoms with van der Waals surface area (Å²) in [5, 5.41) is 2.74. The molecule has 1 aromatic heterocycles. The van der Waals surface area contributed by atoms with E-state index in [4.69, 9.17) is 4.74 Å². The van der Waals surface area contributed by atoms with Gasteiger partial charge in [0.05, 0.1) is 22.3 Å². The smallest absolute Gasteiger partial charge is 0.338 e. The zero-order valence-corrected chi connectivity index (χ0v) is 17.2. The van der Waals surface area contributed by atoms with Crippen molar-refractivity contribution in [2.24, 2.45) is 0 Å². The zero-order chi connectivity index (χ0) is 21.0. The van der Waals surface area contributed by atoms with Crippen molar-refractivity contribution in [1.82, 2.24) is 9.55 Å². The van der Waals surface area contributed by atoms with E-state index in [-0.39, 0.29) is 11.1 Å². The standard InChI is InChI=1S/C21H21N3O4S/c1-4-24-17-10-9-14(11-16(17)22-13(2)20(24)26)21(27)28-12-19(25)23-15-7-5-6-8-18(15)29-3/h5-11H,4,12H2,1-3H3,(H,23,25). The predicted molar refractivity (Wildman–Crippen MR) is 114 cm³/mol. The molecule has 0 aliphatic carbocycles. The molecule has 0 fully saturated rings. The van der Waals surface area contributed by atoms with E-state index < -0.39 is 18.5 Å². The molecule has 0 saturated carbocycles. The summed E-state index contributed by atoms with van der Waals surface area (Å²) in [4.78, 5) is 41.9. The number of para-hydroxylation sites is 1. The van der Waals surface area contributed by atoms with Gasteiger partial charge in [-0.25, -0.2) is 9.78 Å². The first-order valence-corrected chi connectivity index (χ1v) is 10.3. The van der Waals surface area contributed by atoms with Gasteiger partial charge in [0.2, 0.25) is 0 Å². The van der Waals surface area contributed by atoms with Gasteiger partial charge in [0.25, 0.3) is 11.5 Å². The normalized spacial score (nSPS) is 10.7. The molecular weight excluding hydrogens is 390 g/mol. The summed E-state index contributed by atoms with van der Waals surface area (Å²) in [5.74, 6) is -1.05. The number of fused-ring (bicyclic) bond motifs is 1. The summed E-state index contributed by atoms with van der Waals surface area (Å²) in [6, 6.07) is 12.2. The first-order valence-electron chi connectivity index (χ1n) is 9.05. The number of hydrogen-bond donors (Lipinski definition) is 1. The van der Waals surface area contributed by atoms with Gasteiger partial charge >= 0.3 is 5.97 Å². The molecule has 1 N–H and O–H groups in total. The molecular formula is C21H21N3O4S. The van der Waals surface area contributed by atoms with Crippen molar-refractivity contribution in [1.29, 1.82) is 0 Å². The highest BCUT2D eigenvalue weighted by atomic mass is 32.2. The Kier molecular flexibility index (Phi) is 6.33. The van der Waals surface area contributed by atoms with Gasteiger partial charge < -0.3 is 14.6 Å². The average Bonchev–Trinajstić information content (AvgIpc) is 2.73. The Morgan fingerprint density at radius 3 is 2.69 bits per heavy atom. The third-order valence-corrected chi connectivity index (χ3v) is 5.17. The lowest BCUT2D eigenvalue weighted by Crippen LogP contribution is -2.23. The monoisotopic (exact) mass is 411 g/mol. The summed E-state index contributed by atoms with van der Waals surface area (Å²) in [7, 11) is 0. The van der Waals surface area contributed by atoms with Gasteiger partial charge in [-0.05, 0) is 50.4 Å². The number of esters is 1. The summed E-state index contributed by atoms with van der Waals surface area (Å²) in [5.41, 5.74) is 2.31. The number of carbonyl (C=O) groups excluding carboxylic acids is 2. The predicted octanol–water partition coefficient (Wildman–Crippen LogP) is 3.24. The second-order valence-corrected chi connectivity index (χ2v) is 7.12.